The molecule has 0 amide bonds. The predicted molar refractivity (Wildman–Crippen MR) is 31.8 cm³/mol. The number of carbonyl (C=O) groups excluding carboxylic acids is 1. The largest absolute Gasteiger partial charge is 0.508 e. The summed E-state index contributed by atoms with van der Waals surface area (Å²) in [5, 5.41) is 0. The van der Waals surface area contributed by atoms with Crippen molar-refractivity contribution in [2.75, 3.05) is 6.61 Å². The smallest absolute Gasteiger partial charge is 0.430 e. The molecule has 1 heterocycles. The molecule has 1 aliphatic rings. The number of alkyl halides is 6. The van der Waals surface area contributed by atoms with Crippen LogP contribution in [0.5, 0.6) is 0 Å². The highest BCUT2D eigenvalue weighted by molar-refractivity contribution is 5.61. The molecule has 1 aliphatic heterocycles. The van der Waals surface area contributed by atoms with Gasteiger partial charge in [-0.2, -0.15) is 26.3 Å². The highest BCUT2D eigenvalue weighted by Crippen LogP contribution is 2.43. The summed E-state index contributed by atoms with van der Waals surface area (Å²) in [4.78, 5) is 10.2. The van der Waals surface area contributed by atoms with E-state index in [1.54, 1.807) is 0 Å². The molecule has 3 nitrogen and oxygen atoms in total. The molecule has 0 spiro atoms. The average Bonchev–Trinajstić information content (AvgIpc) is 2.28. The van der Waals surface area contributed by atoms with Crippen LogP contribution in [0, 0.1) is 5.92 Å². The van der Waals surface area contributed by atoms with Gasteiger partial charge in [0.1, 0.15) is 6.61 Å². The Balaban J connectivity index is 2.88. The Morgan fingerprint density at radius 2 is 1.60 bits per heavy atom. The minimum Gasteiger partial charge on any atom is -0.430 e. The van der Waals surface area contributed by atoms with E-state index in [4.69, 9.17) is 0 Å². The van der Waals surface area contributed by atoms with Crippen molar-refractivity contribution in [1.82, 2.24) is 0 Å². The zero-order valence-corrected chi connectivity index (χ0v) is 6.85. The van der Waals surface area contributed by atoms with Gasteiger partial charge in [-0.1, -0.05) is 0 Å². The lowest BCUT2D eigenvalue weighted by atomic mass is 10.0. The molecule has 1 rings (SSSR count). The van der Waals surface area contributed by atoms with E-state index in [2.05, 4.69) is 9.47 Å². The van der Waals surface area contributed by atoms with Gasteiger partial charge in [-0.3, -0.25) is 0 Å². The van der Waals surface area contributed by atoms with Crippen molar-refractivity contribution < 1.29 is 40.6 Å². The highest BCUT2D eigenvalue weighted by atomic mass is 19.4. The van der Waals surface area contributed by atoms with Gasteiger partial charge < -0.3 is 9.47 Å². The third kappa shape index (κ3) is 2.66. The van der Waals surface area contributed by atoms with Crippen LogP contribution in [0.25, 0.3) is 0 Å². The Bertz CT molecular complexity index is 243. The van der Waals surface area contributed by atoms with E-state index in [9.17, 15) is 31.1 Å². The molecule has 0 aromatic heterocycles. The maximum atomic E-state index is 12.0. The second-order valence-corrected chi connectivity index (χ2v) is 2.78. The Hall–Kier alpha value is -1.15. The van der Waals surface area contributed by atoms with Crippen molar-refractivity contribution in [3.05, 3.63) is 0 Å². The molecule has 1 fully saturated rings. The lowest BCUT2D eigenvalue weighted by Gasteiger charge is -2.25. The quantitative estimate of drug-likeness (QED) is 0.519. The Labute approximate surface area is 78.9 Å². The summed E-state index contributed by atoms with van der Waals surface area (Å²) in [5.41, 5.74) is 0. The first-order chi connectivity index (χ1) is 6.62. The fourth-order valence-electron chi connectivity index (χ4n) is 1.11. The van der Waals surface area contributed by atoms with Gasteiger partial charge in [0.15, 0.2) is 12.0 Å². The van der Waals surface area contributed by atoms with Crippen molar-refractivity contribution >= 4 is 6.16 Å². The second-order valence-electron chi connectivity index (χ2n) is 2.78. The first-order valence-electron chi connectivity index (χ1n) is 3.59. The number of hydrogen-bond acceptors (Lipinski definition) is 3. The zero-order chi connectivity index (χ0) is 11.9. The normalized spacial score (nSPS) is 22.9. The van der Waals surface area contributed by atoms with E-state index >= 15 is 0 Å². The van der Waals surface area contributed by atoms with Gasteiger partial charge in [-0.25, -0.2) is 4.79 Å². The van der Waals surface area contributed by atoms with Gasteiger partial charge in [-0.05, 0) is 0 Å². The number of ether oxygens (including phenoxy) is 2. The van der Waals surface area contributed by atoms with Crippen molar-refractivity contribution in [3.63, 3.8) is 0 Å². The number of cyclic esters (lactones) is 2. The zero-order valence-electron chi connectivity index (χ0n) is 6.85. The van der Waals surface area contributed by atoms with Gasteiger partial charge >= 0.3 is 18.5 Å². The van der Waals surface area contributed by atoms with Crippen LogP contribution in [-0.2, 0) is 9.47 Å². The number of halogens is 6. The molecule has 0 aliphatic carbocycles. The minimum absolute atomic E-state index is 1.05. The first-order valence-corrected chi connectivity index (χ1v) is 3.59. The van der Waals surface area contributed by atoms with Crippen molar-refractivity contribution in [3.8, 4) is 0 Å². The number of hydrogen-bond donors (Lipinski definition) is 0. The van der Waals surface area contributed by atoms with Crippen molar-refractivity contribution in [2.24, 2.45) is 5.92 Å². The summed E-state index contributed by atoms with van der Waals surface area (Å²) < 4.78 is 79.8. The molecule has 88 valence electrons. The van der Waals surface area contributed by atoms with Crippen LogP contribution in [0.4, 0.5) is 31.1 Å². The van der Waals surface area contributed by atoms with Gasteiger partial charge in [-0.15, -0.1) is 0 Å². The van der Waals surface area contributed by atoms with Crippen LogP contribution in [0.15, 0.2) is 0 Å². The molecule has 0 bridgehead atoms. The molecule has 1 saturated heterocycles. The summed E-state index contributed by atoms with van der Waals surface area (Å²) in [7, 11) is 0. The van der Waals surface area contributed by atoms with E-state index in [1.807, 2.05) is 0 Å². The van der Waals surface area contributed by atoms with Crippen LogP contribution in [0.1, 0.15) is 0 Å². The molecule has 0 aromatic carbocycles. The van der Waals surface area contributed by atoms with Crippen molar-refractivity contribution in [2.45, 2.75) is 18.5 Å². The maximum Gasteiger partial charge on any atom is 0.508 e. The van der Waals surface area contributed by atoms with Crippen molar-refractivity contribution in [1.29, 1.82) is 0 Å². The Kier molecular flexibility index (Phi) is 2.75. The standard InChI is InChI=1S/C6H4F6O3/c7-5(8,9)3(6(10,11)12)2-1-14-4(13)15-2/h2-3H,1H2. The summed E-state index contributed by atoms with van der Waals surface area (Å²) in [6.45, 7) is -1.05. The van der Waals surface area contributed by atoms with E-state index in [1.165, 1.54) is 0 Å². The number of carbonyl (C=O) groups is 1. The SMILES string of the molecule is O=C1OCC(C(C(F)(F)F)C(F)(F)F)O1. The third-order valence-electron chi connectivity index (χ3n) is 1.69. The van der Waals surface area contributed by atoms with E-state index in [-0.39, 0.29) is 0 Å². The predicted octanol–water partition coefficient (Wildman–Crippen LogP) is 2.26. The topological polar surface area (TPSA) is 35.5 Å². The molecule has 0 radical (unpaired) electrons. The first kappa shape index (κ1) is 11.9. The molecular formula is C6H4F6O3. The highest BCUT2D eigenvalue weighted by Gasteiger charge is 2.63. The summed E-state index contributed by atoms with van der Waals surface area (Å²) in [6.07, 6.45) is -15.0. The molecule has 1 unspecified atom stereocenters. The van der Waals surface area contributed by atoms with Crippen LogP contribution in [-0.4, -0.2) is 31.2 Å². The molecule has 1 atom stereocenters. The lowest BCUT2D eigenvalue weighted by molar-refractivity contribution is -0.302. The summed E-state index contributed by atoms with van der Waals surface area (Å²) in [5.74, 6) is -3.71. The summed E-state index contributed by atoms with van der Waals surface area (Å²) >= 11 is 0. The fourth-order valence-corrected chi connectivity index (χ4v) is 1.11. The van der Waals surface area contributed by atoms with E-state index < -0.39 is 37.1 Å². The monoisotopic (exact) mass is 238 g/mol. The van der Waals surface area contributed by atoms with E-state index in [0.717, 1.165) is 0 Å². The van der Waals surface area contributed by atoms with Crippen LogP contribution in [0.2, 0.25) is 0 Å². The molecular weight excluding hydrogens is 234 g/mol. The number of rotatable bonds is 1. The molecule has 0 aromatic rings. The van der Waals surface area contributed by atoms with E-state index in [0.29, 0.717) is 0 Å². The van der Waals surface area contributed by atoms with Gasteiger partial charge in [0.05, 0.1) is 0 Å². The average molecular weight is 238 g/mol. The maximum absolute atomic E-state index is 12.0. The molecule has 0 saturated carbocycles. The van der Waals surface area contributed by atoms with Crippen LogP contribution in [0.3, 0.4) is 0 Å². The lowest BCUT2D eigenvalue weighted by Crippen LogP contribution is -2.45. The van der Waals surface area contributed by atoms with Crippen LogP contribution < -0.4 is 0 Å². The minimum atomic E-state index is -5.53. The Morgan fingerprint density at radius 1 is 1.13 bits per heavy atom. The van der Waals surface area contributed by atoms with Gasteiger partial charge in [0.2, 0.25) is 0 Å². The van der Waals surface area contributed by atoms with Gasteiger partial charge in [0, 0.05) is 0 Å². The van der Waals surface area contributed by atoms with Crippen LogP contribution >= 0.6 is 0 Å². The molecule has 9 heteroatoms. The van der Waals surface area contributed by atoms with Gasteiger partial charge in [0.25, 0.3) is 0 Å². The Morgan fingerprint density at radius 3 is 1.87 bits per heavy atom. The summed E-state index contributed by atoms with van der Waals surface area (Å²) in [6, 6.07) is 0. The third-order valence-corrected chi connectivity index (χ3v) is 1.69. The second kappa shape index (κ2) is 3.46. The molecule has 0 N–H and O–H groups in total. The fraction of sp³-hybridized carbons (Fsp3) is 0.833. The molecule has 15 heavy (non-hydrogen) atoms.